The van der Waals surface area contributed by atoms with Crippen LogP contribution in [0.4, 0.5) is 0 Å². The monoisotopic (exact) mass is 210 g/mol. The fourth-order valence-corrected chi connectivity index (χ4v) is 4.06. The van der Waals surface area contributed by atoms with Gasteiger partial charge in [-0.25, -0.2) is 0 Å². The summed E-state index contributed by atoms with van der Waals surface area (Å²) in [5, 5.41) is 9.51. The lowest BCUT2D eigenvalue weighted by Crippen LogP contribution is -2.26. The third kappa shape index (κ3) is 0.938. The Bertz CT molecular complexity index is 324. The smallest absolute Gasteiger partial charge is 0.310 e. The van der Waals surface area contributed by atoms with Crippen molar-refractivity contribution in [1.82, 2.24) is 0 Å². The summed E-state index contributed by atoms with van der Waals surface area (Å²) in [7, 11) is 0. The van der Waals surface area contributed by atoms with E-state index in [0.717, 1.165) is 6.42 Å². The molecule has 0 heterocycles. The maximum absolute atomic E-state index is 11.6. The van der Waals surface area contributed by atoms with E-state index in [0.29, 0.717) is 5.92 Å². The Morgan fingerprint density at radius 3 is 1.47 bits per heavy atom. The van der Waals surface area contributed by atoms with Crippen LogP contribution in [0.2, 0.25) is 0 Å². The van der Waals surface area contributed by atoms with Gasteiger partial charge in [0.2, 0.25) is 0 Å². The second kappa shape index (κ2) is 2.26. The summed E-state index contributed by atoms with van der Waals surface area (Å²) >= 11 is 0. The Hall–Kier alpha value is -0.530. The second-order valence-electron chi connectivity index (χ2n) is 7.21. The summed E-state index contributed by atoms with van der Waals surface area (Å²) < 4.78 is 0. The van der Waals surface area contributed by atoms with Crippen LogP contribution in [-0.4, -0.2) is 11.1 Å². The Kier molecular flexibility index (Phi) is 1.65. The van der Waals surface area contributed by atoms with E-state index in [1.807, 2.05) is 0 Å². The largest absolute Gasteiger partial charge is 0.481 e. The quantitative estimate of drug-likeness (QED) is 0.760. The minimum atomic E-state index is -0.587. The summed E-state index contributed by atoms with van der Waals surface area (Å²) in [4.78, 5) is 11.6. The lowest BCUT2D eigenvalue weighted by atomic mass is 9.86. The number of carbonyl (C=O) groups is 1. The van der Waals surface area contributed by atoms with Crippen LogP contribution in [0.1, 0.15) is 48.0 Å². The molecule has 0 bridgehead atoms. The van der Waals surface area contributed by atoms with Crippen LogP contribution in [0.3, 0.4) is 0 Å². The first-order valence-corrected chi connectivity index (χ1v) is 5.75. The molecule has 2 aliphatic carbocycles. The third-order valence-electron chi connectivity index (χ3n) is 5.70. The molecule has 0 amide bonds. The fourth-order valence-electron chi connectivity index (χ4n) is 4.06. The van der Waals surface area contributed by atoms with Crippen LogP contribution in [0.25, 0.3) is 0 Å². The molecule has 2 fully saturated rings. The molecule has 1 unspecified atom stereocenters. The summed E-state index contributed by atoms with van der Waals surface area (Å²) in [5.41, 5.74) is -0.146. The second-order valence-corrected chi connectivity index (χ2v) is 7.21. The molecule has 2 saturated carbocycles. The Morgan fingerprint density at radius 1 is 1.07 bits per heavy atom. The van der Waals surface area contributed by atoms with Crippen molar-refractivity contribution in [2.45, 2.75) is 48.0 Å². The first-order valence-electron chi connectivity index (χ1n) is 5.75. The van der Waals surface area contributed by atoms with Crippen LogP contribution in [-0.2, 0) is 4.79 Å². The molecule has 0 saturated heterocycles. The number of hydrogen-bond acceptors (Lipinski definition) is 1. The maximum Gasteiger partial charge on any atom is 0.310 e. The first kappa shape index (κ1) is 11.0. The highest BCUT2D eigenvalue weighted by Crippen LogP contribution is 2.84. The number of carboxylic acid groups (broad SMARTS) is 1. The zero-order valence-corrected chi connectivity index (χ0v) is 10.6. The van der Waals surface area contributed by atoms with Gasteiger partial charge in [0.05, 0.1) is 5.41 Å². The van der Waals surface area contributed by atoms with Crippen molar-refractivity contribution in [2.75, 3.05) is 0 Å². The van der Waals surface area contributed by atoms with Crippen molar-refractivity contribution < 1.29 is 9.90 Å². The van der Waals surface area contributed by atoms with E-state index in [1.165, 1.54) is 0 Å². The summed E-state index contributed by atoms with van der Waals surface area (Å²) in [6, 6.07) is 0. The van der Waals surface area contributed by atoms with E-state index in [-0.39, 0.29) is 16.2 Å². The molecule has 0 aromatic carbocycles. The number of hydrogen-bond donors (Lipinski definition) is 1. The van der Waals surface area contributed by atoms with Gasteiger partial charge in [-0.3, -0.25) is 4.79 Å². The summed E-state index contributed by atoms with van der Waals surface area (Å²) in [5.74, 6) is -0.263. The zero-order valence-electron chi connectivity index (χ0n) is 10.6. The maximum atomic E-state index is 11.6. The molecule has 15 heavy (non-hydrogen) atoms. The molecule has 0 aliphatic heterocycles. The van der Waals surface area contributed by atoms with Gasteiger partial charge in [0, 0.05) is 0 Å². The summed E-state index contributed by atoms with van der Waals surface area (Å²) in [6.45, 7) is 13.0. The SMILES string of the molecule is CC1(C)CC1(C(=O)O)C1C(C)(C)C1(C)C. The van der Waals surface area contributed by atoms with Gasteiger partial charge in [-0.2, -0.15) is 0 Å². The number of aliphatic carboxylic acids is 1. The van der Waals surface area contributed by atoms with E-state index in [2.05, 4.69) is 41.5 Å². The molecule has 2 heteroatoms. The highest BCUT2D eigenvalue weighted by molar-refractivity contribution is 5.81. The fraction of sp³-hybridized carbons (Fsp3) is 0.923. The molecule has 1 atom stereocenters. The molecule has 2 nitrogen and oxygen atoms in total. The van der Waals surface area contributed by atoms with Crippen LogP contribution in [0.5, 0.6) is 0 Å². The number of rotatable bonds is 2. The lowest BCUT2D eigenvalue weighted by Gasteiger charge is -2.18. The predicted octanol–water partition coefficient (Wildman–Crippen LogP) is 3.17. The van der Waals surface area contributed by atoms with E-state index >= 15 is 0 Å². The minimum Gasteiger partial charge on any atom is -0.481 e. The number of carboxylic acids is 1. The molecular formula is C13H22O2. The van der Waals surface area contributed by atoms with Crippen LogP contribution < -0.4 is 0 Å². The van der Waals surface area contributed by atoms with Crippen molar-refractivity contribution in [3.63, 3.8) is 0 Å². The first-order chi connectivity index (χ1) is 6.52. The Labute approximate surface area is 92.1 Å². The molecule has 0 aromatic rings. The van der Waals surface area contributed by atoms with E-state index in [4.69, 9.17) is 0 Å². The van der Waals surface area contributed by atoms with Crippen LogP contribution in [0.15, 0.2) is 0 Å². The lowest BCUT2D eigenvalue weighted by molar-refractivity contribution is -0.146. The predicted molar refractivity (Wildman–Crippen MR) is 59.5 cm³/mol. The summed E-state index contributed by atoms with van der Waals surface area (Å²) in [6.07, 6.45) is 0.840. The standard InChI is InChI=1S/C13H22O2/c1-10(2)7-13(10,9(14)15)8-11(3,4)12(8,5)6/h8H,7H2,1-6H3,(H,14,15). The average Bonchev–Trinajstić information content (AvgIpc) is 2.66. The van der Waals surface area contributed by atoms with Crippen molar-refractivity contribution >= 4 is 5.97 Å². The van der Waals surface area contributed by atoms with Crippen molar-refractivity contribution in [2.24, 2.45) is 27.6 Å². The zero-order chi connectivity index (χ0) is 11.9. The average molecular weight is 210 g/mol. The van der Waals surface area contributed by atoms with E-state index < -0.39 is 11.4 Å². The molecule has 0 aromatic heterocycles. The van der Waals surface area contributed by atoms with Gasteiger partial charge in [0.25, 0.3) is 0 Å². The molecule has 2 aliphatic rings. The topological polar surface area (TPSA) is 37.3 Å². The van der Waals surface area contributed by atoms with Crippen LogP contribution >= 0.6 is 0 Å². The van der Waals surface area contributed by atoms with Gasteiger partial charge in [0.15, 0.2) is 0 Å². The van der Waals surface area contributed by atoms with E-state index in [9.17, 15) is 9.90 Å². The molecule has 2 rings (SSSR count). The Morgan fingerprint density at radius 2 is 1.40 bits per heavy atom. The van der Waals surface area contributed by atoms with Crippen molar-refractivity contribution in [3.05, 3.63) is 0 Å². The van der Waals surface area contributed by atoms with Gasteiger partial charge in [-0.15, -0.1) is 0 Å². The highest BCUT2D eigenvalue weighted by Gasteiger charge is 2.83. The molecule has 0 radical (unpaired) electrons. The molecule has 0 spiro atoms. The van der Waals surface area contributed by atoms with Gasteiger partial charge >= 0.3 is 5.97 Å². The molecule has 86 valence electrons. The van der Waals surface area contributed by atoms with Crippen LogP contribution in [0, 0.1) is 27.6 Å². The minimum absolute atomic E-state index is 0.0193. The normalized spacial score (nSPS) is 39.9. The van der Waals surface area contributed by atoms with Crippen molar-refractivity contribution in [1.29, 1.82) is 0 Å². The third-order valence-corrected chi connectivity index (χ3v) is 5.70. The van der Waals surface area contributed by atoms with E-state index in [1.54, 1.807) is 0 Å². The Balaban J connectivity index is 2.38. The van der Waals surface area contributed by atoms with Gasteiger partial charge in [0.1, 0.15) is 0 Å². The molecule has 1 N–H and O–H groups in total. The van der Waals surface area contributed by atoms with Gasteiger partial charge in [-0.1, -0.05) is 41.5 Å². The molecular weight excluding hydrogens is 188 g/mol. The van der Waals surface area contributed by atoms with Gasteiger partial charge < -0.3 is 5.11 Å². The van der Waals surface area contributed by atoms with Crippen molar-refractivity contribution in [3.8, 4) is 0 Å². The highest BCUT2D eigenvalue weighted by atomic mass is 16.4. The van der Waals surface area contributed by atoms with Gasteiger partial charge in [-0.05, 0) is 28.6 Å².